The van der Waals surface area contributed by atoms with Crippen LogP contribution < -0.4 is 5.32 Å². The molecule has 0 bridgehead atoms. The van der Waals surface area contributed by atoms with Crippen LogP contribution in [0, 0.1) is 24.7 Å². The molecule has 1 aliphatic carbocycles. The van der Waals surface area contributed by atoms with Gasteiger partial charge in [0.05, 0.1) is 18.4 Å². The molecule has 5 nitrogen and oxygen atoms in total. The smallest absolute Gasteiger partial charge is 0.307 e. The van der Waals surface area contributed by atoms with Gasteiger partial charge in [-0.2, -0.15) is 0 Å². The zero-order valence-electron chi connectivity index (χ0n) is 11.0. The number of carboxylic acids is 1. The molecule has 0 aliphatic heterocycles. The Kier molecular flexibility index (Phi) is 4.19. The number of thiazole rings is 1. The fourth-order valence-corrected chi connectivity index (χ4v) is 3.36. The number of aliphatic carboxylic acids is 1. The van der Waals surface area contributed by atoms with Gasteiger partial charge in [-0.1, -0.05) is 6.92 Å². The zero-order chi connectivity index (χ0) is 14.0. The normalized spacial score (nSPS) is 26.3. The van der Waals surface area contributed by atoms with Crippen molar-refractivity contribution in [2.75, 3.05) is 0 Å². The minimum atomic E-state index is -0.866. The van der Waals surface area contributed by atoms with E-state index in [0.29, 0.717) is 25.3 Å². The highest BCUT2D eigenvalue weighted by atomic mass is 32.1. The summed E-state index contributed by atoms with van der Waals surface area (Å²) in [6, 6.07) is 0. The largest absolute Gasteiger partial charge is 0.481 e. The number of nitrogens with zero attached hydrogens (tertiary/aromatic N) is 1. The molecule has 19 heavy (non-hydrogen) atoms. The maximum absolute atomic E-state index is 12.1. The highest BCUT2D eigenvalue weighted by molar-refractivity contribution is 7.11. The van der Waals surface area contributed by atoms with E-state index in [4.69, 9.17) is 5.11 Å². The fraction of sp³-hybridized carbons (Fsp3) is 0.615. The van der Waals surface area contributed by atoms with Crippen molar-refractivity contribution in [1.82, 2.24) is 10.3 Å². The number of carbonyl (C=O) groups is 2. The number of amides is 1. The average molecular weight is 282 g/mol. The van der Waals surface area contributed by atoms with Gasteiger partial charge < -0.3 is 10.4 Å². The fourth-order valence-electron chi connectivity index (χ4n) is 2.63. The molecule has 0 saturated heterocycles. The number of rotatable bonds is 4. The number of aromatic nitrogens is 1. The highest BCUT2D eigenvalue weighted by Crippen LogP contribution is 2.36. The molecule has 1 unspecified atom stereocenters. The van der Waals surface area contributed by atoms with Crippen molar-refractivity contribution in [3.05, 3.63) is 16.1 Å². The van der Waals surface area contributed by atoms with Crippen LogP contribution in [0.5, 0.6) is 0 Å². The molecule has 1 fully saturated rings. The quantitative estimate of drug-likeness (QED) is 0.882. The molecular formula is C13H18N2O3S. The summed E-state index contributed by atoms with van der Waals surface area (Å²) in [5.41, 5.74) is 0. The molecule has 104 valence electrons. The van der Waals surface area contributed by atoms with Crippen LogP contribution in [-0.4, -0.2) is 22.0 Å². The number of nitrogens with one attached hydrogen (secondary N) is 1. The Bertz CT molecular complexity index is 486. The van der Waals surface area contributed by atoms with E-state index in [9.17, 15) is 9.59 Å². The van der Waals surface area contributed by atoms with Crippen molar-refractivity contribution in [3.63, 3.8) is 0 Å². The third-order valence-corrected chi connectivity index (χ3v) is 4.45. The van der Waals surface area contributed by atoms with Crippen LogP contribution in [0.25, 0.3) is 0 Å². The van der Waals surface area contributed by atoms with E-state index in [1.54, 1.807) is 6.20 Å². The van der Waals surface area contributed by atoms with Gasteiger partial charge in [0, 0.05) is 11.1 Å². The first-order valence-electron chi connectivity index (χ1n) is 6.39. The molecule has 2 rings (SSSR count). The average Bonchev–Trinajstić information content (AvgIpc) is 2.92. The van der Waals surface area contributed by atoms with Crippen LogP contribution in [0.3, 0.4) is 0 Å². The number of aryl methyl sites for hydroxylation is 1. The van der Waals surface area contributed by atoms with E-state index in [-0.39, 0.29) is 5.91 Å². The predicted octanol–water partition coefficient (Wildman–Crippen LogP) is 1.81. The lowest BCUT2D eigenvalue weighted by atomic mass is 9.95. The van der Waals surface area contributed by atoms with Crippen LogP contribution in [0.1, 0.15) is 29.7 Å². The molecule has 1 aliphatic rings. The summed E-state index contributed by atoms with van der Waals surface area (Å²) >= 11 is 1.54. The van der Waals surface area contributed by atoms with E-state index in [0.717, 1.165) is 9.88 Å². The number of carbonyl (C=O) groups excluding carboxylic acids is 1. The summed E-state index contributed by atoms with van der Waals surface area (Å²) in [5.74, 6) is -1.69. The number of carboxylic acid groups (broad SMARTS) is 1. The maximum Gasteiger partial charge on any atom is 0.307 e. The Hall–Kier alpha value is -1.43. The van der Waals surface area contributed by atoms with Crippen LogP contribution in [0.15, 0.2) is 6.20 Å². The predicted molar refractivity (Wildman–Crippen MR) is 71.7 cm³/mol. The molecule has 3 atom stereocenters. The van der Waals surface area contributed by atoms with Gasteiger partial charge in [0.2, 0.25) is 5.91 Å². The molecule has 1 heterocycles. The first-order valence-corrected chi connectivity index (χ1v) is 7.21. The van der Waals surface area contributed by atoms with Crippen molar-refractivity contribution in [3.8, 4) is 0 Å². The maximum atomic E-state index is 12.1. The number of hydrogen-bond acceptors (Lipinski definition) is 4. The minimum absolute atomic E-state index is 0.162. The molecular weight excluding hydrogens is 264 g/mol. The van der Waals surface area contributed by atoms with E-state index in [1.165, 1.54) is 11.3 Å². The van der Waals surface area contributed by atoms with E-state index < -0.39 is 17.8 Å². The third kappa shape index (κ3) is 3.32. The lowest BCUT2D eigenvalue weighted by Gasteiger charge is -2.14. The molecule has 1 saturated carbocycles. The van der Waals surface area contributed by atoms with E-state index >= 15 is 0 Å². The Morgan fingerprint density at radius 3 is 2.74 bits per heavy atom. The van der Waals surface area contributed by atoms with Crippen molar-refractivity contribution in [2.45, 2.75) is 33.2 Å². The summed E-state index contributed by atoms with van der Waals surface area (Å²) < 4.78 is 0. The Labute approximate surface area is 116 Å². The van der Waals surface area contributed by atoms with Gasteiger partial charge in [0.1, 0.15) is 5.01 Å². The second-order valence-electron chi connectivity index (χ2n) is 5.21. The van der Waals surface area contributed by atoms with Crippen LogP contribution in [0.4, 0.5) is 0 Å². The summed E-state index contributed by atoms with van der Waals surface area (Å²) in [7, 11) is 0. The van der Waals surface area contributed by atoms with Gasteiger partial charge >= 0.3 is 5.97 Å². The summed E-state index contributed by atoms with van der Waals surface area (Å²) in [6.07, 6.45) is 3.01. The first-order chi connectivity index (χ1) is 8.97. The van der Waals surface area contributed by atoms with Crippen molar-refractivity contribution >= 4 is 23.2 Å². The molecule has 0 radical (unpaired) electrons. The SMILES string of the molecule is Cc1cnc(CNC(=O)[C@H]2CC(C)C[C@H]2C(=O)O)s1. The van der Waals surface area contributed by atoms with Crippen LogP contribution in [0.2, 0.25) is 0 Å². The Balaban J connectivity index is 1.93. The zero-order valence-corrected chi connectivity index (χ0v) is 11.9. The van der Waals surface area contributed by atoms with Crippen molar-refractivity contribution < 1.29 is 14.7 Å². The van der Waals surface area contributed by atoms with Crippen molar-refractivity contribution in [2.24, 2.45) is 17.8 Å². The molecule has 1 aromatic rings. The summed E-state index contributed by atoms with van der Waals surface area (Å²) in [4.78, 5) is 28.5. The van der Waals surface area contributed by atoms with Gasteiger partial charge in [0.25, 0.3) is 0 Å². The lowest BCUT2D eigenvalue weighted by Crippen LogP contribution is -2.34. The molecule has 2 N–H and O–H groups in total. The van der Waals surface area contributed by atoms with Gasteiger partial charge in [-0.05, 0) is 25.7 Å². The van der Waals surface area contributed by atoms with Gasteiger partial charge in [-0.3, -0.25) is 9.59 Å². The Morgan fingerprint density at radius 1 is 1.47 bits per heavy atom. The molecule has 0 spiro atoms. The third-order valence-electron chi connectivity index (χ3n) is 3.54. The monoisotopic (exact) mass is 282 g/mol. The van der Waals surface area contributed by atoms with E-state index in [2.05, 4.69) is 10.3 Å². The highest BCUT2D eigenvalue weighted by Gasteiger charge is 2.41. The lowest BCUT2D eigenvalue weighted by molar-refractivity contribution is -0.146. The van der Waals surface area contributed by atoms with E-state index in [1.807, 2.05) is 13.8 Å². The molecule has 1 aromatic heterocycles. The summed E-state index contributed by atoms with van der Waals surface area (Å²) in [5, 5.41) is 12.8. The Morgan fingerprint density at radius 2 is 2.16 bits per heavy atom. The number of hydrogen-bond donors (Lipinski definition) is 2. The second kappa shape index (κ2) is 5.69. The van der Waals surface area contributed by atoms with Crippen molar-refractivity contribution in [1.29, 1.82) is 0 Å². The van der Waals surface area contributed by atoms with Gasteiger partial charge in [-0.15, -0.1) is 11.3 Å². The van der Waals surface area contributed by atoms with Crippen LogP contribution >= 0.6 is 11.3 Å². The molecule has 0 aromatic carbocycles. The molecule has 6 heteroatoms. The topological polar surface area (TPSA) is 79.3 Å². The van der Waals surface area contributed by atoms with Gasteiger partial charge in [-0.25, -0.2) is 4.98 Å². The van der Waals surface area contributed by atoms with Gasteiger partial charge in [0.15, 0.2) is 0 Å². The molecule has 1 amide bonds. The minimum Gasteiger partial charge on any atom is -0.481 e. The first kappa shape index (κ1) is 14.0. The standard InChI is InChI=1S/C13H18N2O3S/c1-7-3-9(10(4-7)13(17)18)12(16)15-6-11-14-5-8(2)19-11/h5,7,9-10H,3-4,6H2,1-2H3,(H,15,16)(H,17,18)/t7?,9-,10+/m0/s1. The van der Waals surface area contributed by atoms with Crippen LogP contribution in [-0.2, 0) is 16.1 Å². The summed E-state index contributed by atoms with van der Waals surface area (Å²) in [6.45, 7) is 4.34. The second-order valence-corrected chi connectivity index (χ2v) is 6.53.